The van der Waals surface area contributed by atoms with Gasteiger partial charge in [-0.25, -0.2) is 4.39 Å². The monoisotopic (exact) mass is 274 g/mol. The van der Waals surface area contributed by atoms with Crippen LogP contribution in [0.15, 0.2) is 48.5 Å². The number of hydrogen-bond acceptors (Lipinski definition) is 0. The molecule has 0 N–H and O–H groups in total. The van der Waals surface area contributed by atoms with Crippen molar-refractivity contribution in [3.05, 3.63) is 60.4 Å². The Morgan fingerprint density at radius 2 is 1.60 bits per heavy atom. The molecule has 0 radical (unpaired) electrons. The molecule has 2 aromatic carbocycles. The third-order valence-electron chi connectivity index (χ3n) is 1.87. The van der Waals surface area contributed by atoms with Gasteiger partial charge in [-0.05, 0) is 5.56 Å². The van der Waals surface area contributed by atoms with Gasteiger partial charge in [0, 0.05) is 5.82 Å². The van der Waals surface area contributed by atoms with E-state index >= 15 is 0 Å². The molecule has 0 saturated heterocycles. The number of benzene rings is 2. The van der Waals surface area contributed by atoms with E-state index in [1.807, 2.05) is 36.4 Å². The summed E-state index contributed by atoms with van der Waals surface area (Å²) in [5, 5.41) is 0. The normalized spacial score (nSPS) is 8.60. The van der Waals surface area contributed by atoms with Crippen LogP contribution in [0.3, 0.4) is 0 Å². The maximum Gasteiger partial charge on any atom is 2.00 e. The van der Waals surface area contributed by atoms with Crippen LogP contribution < -0.4 is 17.0 Å². The first kappa shape index (κ1) is 14.6. The van der Waals surface area contributed by atoms with Gasteiger partial charge >= 0.3 is 23.1 Å². The summed E-state index contributed by atoms with van der Waals surface area (Å²) in [6, 6.07) is 17.1. The van der Waals surface area contributed by atoms with Gasteiger partial charge in [-0.3, -0.25) is 0 Å². The molecule has 3 heteroatoms. The summed E-state index contributed by atoms with van der Waals surface area (Å²) in [5.41, 5.74) is 1.91. The number of halogens is 2. The third-order valence-corrected chi connectivity index (χ3v) is 1.87. The summed E-state index contributed by atoms with van der Waals surface area (Å²) in [6.45, 7) is 0. The van der Waals surface area contributed by atoms with Gasteiger partial charge in [0.1, 0.15) is 0 Å². The Morgan fingerprint density at radius 3 is 2.20 bits per heavy atom. The number of rotatable bonds is 1. The molecule has 0 aliphatic heterocycles. The van der Waals surface area contributed by atoms with Crippen molar-refractivity contribution in [2.75, 3.05) is 0 Å². The van der Waals surface area contributed by atoms with Crippen molar-refractivity contribution in [2.24, 2.45) is 0 Å². The van der Waals surface area contributed by atoms with E-state index in [1.54, 1.807) is 6.07 Å². The first-order chi connectivity index (χ1) is 6.36. The first-order valence-corrected chi connectivity index (χ1v) is 4.09. The quantitative estimate of drug-likeness (QED) is 0.504. The minimum atomic E-state index is -0.318. The SMILES string of the molecule is Fc1[c-]ccc(-c2ccccc2)c1.[Br-].[Mg+2]. The predicted octanol–water partition coefficient (Wildman–Crippen LogP) is -0.0839. The Bertz CT molecular complexity index is 403. The van der Waals surface area contributed by atoms with E-state index in [4.69, 9.17) is 0 Å². The molecular formula is C12H8BrFMg. The summed E-state index contributed by atoms with van der Waals surface area (Å²) in [5.74, 6) is -0.318. The summed E-state index contributed by atoms with van der Waals surface area (Å²) in [6.07, 6.45) is 0. The molecule has 0 spiro atoms. The molecule has 0 aromatic heterocycles. The molecule has 0 aliphatic carbocycles. The Labute approximate surface area is 115 Å². The van der Waals surface area contributed by atoms with Crippen molar-refractivity contribution in [3.8, 4) is 11.1 Å². The molecule has 0 bridgehead atoms. The molecule has 72 valence electrons. The predicted molar refractivity (Wildman–Crippen MR) is 56.4 cm³/mol. The van der Waals surface area contributed by atoms with Gasteiger partial charge in [0.15, 0.2) is 0 Å². The minimum Gasteiger partial charge on any atom is -1.00 e. The van der Waals surface area contributed by atoms with Crippen LogP contribution >= 0.6 is 0 Å². The zero-order chi connectivity index (χ0) is 9.10. The Morgan fingerprint density at radius 1 is 0.933 bits per heavy atom. The van der Waals surface area contributed by atoms with Crippen LogP contribution in [0.5, 0.6) is 0 Å². The molecular weight excluding hydrogens is 267 g/mol. The van der Waals surface area contributed by atoms with Crippen molar-refractivity contribution in [3.63, 3.8) is 0 Å². The van der Waals surface area contributed by atoms with E-state index in [2.05, 4.69) is 6.07 Å². The second kappa shape index (κ2) is 6.98. The maximum absolute atomic E-state index is 12.8. The fraction of sp³-hybridized carbons (Fsp3) is 0. The van der Waals surface area contributed by atoms with Crippen LogP contribution in [0.2, 0.25) is 0 Å². The van der Waals surface area contributed by atoms with E-state index in [0.29, 0.717) is 0 Å². The Hall–Kier alpha value is -0.384. The van der Waals surface area contributed by atoms with E-state index in [1.165, 1.54) is 6.07 Å². The van der Waals surface area contributed by atoms with Crippen LogP contribution in [0.4, 0.5) is 4.39 Å². The van der Waals surface area contributed by atoms with E-state index < -0.39 is 0 Å². The summed E-state index contributed by atoms with van der Waals surface area (Å²) >= 11 is 0. The van der Waals surface area contributed by atoms with Gasteiger partial charge in [0.25, 0.3) is 0 Å². The van der Waals surface area contributed by atoms with Gasteiger partial charge in [-0.15, -0.1) is 17.7 Å². The molecule has 0 amide bonds. The topological polar surface area (TPSA) is 0 Å². The second-order valence-electron chi connectivity index (χ2n) is 2.79. The van der Waals surface area contributed by atoms with Crippen molar-refractivity contribution < 1.29 is 21.4 Å². The summed E-state index contributed by atoms with van der Waals surface area (Å²) in [4.78, 5) is 0. The first-order valence-electron chi connectivity index (χ1n) is 4.09. The van der Waals surface area contributed by atoms with Crippen LogP contribution in [0.1, 0.15) is 0 Å². The van der Waals surface area contributed by atoms with Crippen molar-refractivity contribution in [2.45, 2.75) is 0 Å². The molecule has 2 rings (SSSR count). The largest absolute Gasteiger partial charge is 2.00 e. The van der Waals surface area contributed by atoms with Gasteiger partial charge in [-0.2, -0.15) is 12.1 Å². The van der Waals surface area contributed by atoms with Crippen LogP contribution in [-0.2, 0) is 0 Å². The van der Waals surface area contributed by atoms with Crippen LogP contribution in [0.25, 0.3) is 11.1 Å². The fourth-order valence-electron chi connectivity index (χ4n) is 1.25. The molecule has 0 nitrogen and oxygen atoms in total. The molecule has 0 unspecified atom stereocenters. The van der Waals surface area contributed by atoms with Gasteiger partial charge < -0.3 is 17.0 Å². The third kappa shape index (κ3) is 3.93. The van der Waals surface area contributed by atoms with Crippen LogP contribution in [-0.4, -0.2) is 23.1 Å². The zero-order valence-electron chi connectivity index (χ0n) is 8.08. The smallest absolute Gasteiger partial charge is 1.00 e. The average Bonchev–Trinajstić information content (AvgIpc) is 2.19. The Kier molecular flexibility index (Phi) is 6.81. The molecule has 0 heterocycles. The maximum atomic E-state index is 12.8. The van der Waals surface area contributed by atoms with Crippen molar-refractivity contribution in [1.82, 2.24) is 0 Å². The standard InChI is InChI=1S/C12H8F.BrH.Mg/c13-12-8-4-7-11(9-12)10-5-2-1-3-6-10;;/h1-7,9H;1H;/q-1;;+2/p-1. The van der Waals surface area contributed by atoms with Gasteiger partial charge in [0.2, 0.25) is 0 Å². The fourth-order valence-corrected chi connectivity index (χ4v) is 1.25. The van der Waals surface area contributed by atoms with E-state index in [0.717, 1.165) is 11.1 Å². The van der Waals surface area contributed by atoms with Crippen molar-refractivity contribution >= 4 is 23.1 Å². The van der Waals surface area contributed by atoms with E-state index in [9.17, 15) is 4.39 Å². The molecule has 15 heavy (non-hydrogen) atoms. The average molecular weight is 275 g/mol. The van der Waals surface area contributed by atoms with Crippen molar-refractivity contribution in [1.29, 1.82) is 0 Å². The second-order valence-corrected chi connectivity index (χ2v) is 2.79. The van der Waals surface area contributed by atoms with Gasteiger partial charge in [0.05, 0.1) is 0 Å². The molecule has 0 atom stereocenters. The molecule has 2 aromatic rings. The summed E-state index contributed by atoms with van der Waals surface area (Å²) in [7, 11) is 0. The molecule has 0 fully saturated rings. The summed E-state index contributed by atoms with van der Waals surface area (Å²) < 4.78 is 12.8. The zero-order valence-corrected chi connectivity index (χ0v) is 11.1. The van der Waals surface area contributed by atoms with Crippen LogP contribution in [0, 0.1) is 11.9 Å². The Balaban J connectivity index is 0.000000980. The molecule has 0 saturated carbocycles. The minimum absolute atomic E-state index is 0. The van der Waals surface area contributed by atoms with Gasteiger partial charge in [-0.1, -0.05) is 30.3 Å². The molecule has 0 aliphatic rings. The van der Waals surface area contributed by atoms with E-state index in [-0.39, 0.29) is 45.9 Å². The number of hydrogen-bond donors (Lipinski definition) is 0.